The van der Waals surface area contributed by atoms with Gasteiger partial charge in [0.2, 0.25) is 0 Å². The first-order valence-electron chi connectivity index (χ1n) is 5.88. The van der Waals surface area contributed by atoms with Crippen LogP contribution in [0.1, 0.15) is 31.4 Å². The van der Waals surface area contributed by atoms with Crippen LogP contribution in [0.15, 0.2) is 12.1 Å². The predicted molar refractivity (Wildman–Crippen MR) is 70.9 cm³/mol. The lowest BCUT2D eigenvalue weighted by molar-refractivity contribution is -0.124. The molecule has 0 saturated heterocycles. The number of hydrogen-bond acceptors (Lipinski definition) is 2. The van der Waals surface area contributed by atoms with E-state index in [1.165, 1.54) is 0 Å². The number of halogens is 1. The molecule has 2 nitrogen and oxygen atoms in total. The normalized spacial score (nSPS) is 12.3. The third-order valence-electron chi connectivity index (χ3n) is 2.95. The number of Topliss-reactive ketones (excluding diaryl/α,β-unsaturated/α-hetero) is 1. The van der Waals surface area contributed by atoms with Crippen molar-refractivity contribution >= 4 is 17.4 Å². The molecule has 94 valence electrons. The molecule has 0 fully saturated rings. The van der Waals surface area contributed by atoms with Crippen molar-refractivity contribution < 1.29 is 9.53 Å². The molecule has 1 unspecified atom stereocenters. The molecule has 0 radical (unpaired) electrons. The van der Waals surface area contributed by atoms with Gasteiger partial charge in [0.1, 0.15) is 12.4 Å². The standard InChI is InChI=1S/C14H19ClO2/c1-5-9(2)13(16)8-17-14-10(3)6-12(15)7-11(14)4/h6-7,9H,5,8H2,1-4H3. The van der Waals surface area contributed by atoms with E-state index in [1.807, 2.05) is 39.8 Å². The van der Waals surface area contributed by atoms with Crippen molar-refractivity contribution in [3.8, 4) is 5.75 Å². The van der Waals surface area contributed by atoms with Crippen molar-refractivity contribution in [2.45, 2.75) is 34.1 Å². The largest absolute Gasteiger partial charge is 0.485 e. The lowest BCUT2D eigenvalue weighted by atomic mass is 10.0. The average Bonchev–Trinajstić information content (AvgIpc) is 2.26. The monoisotopic (exact) mass is 254 g/mol. The number of ether oxygens (including phenoxy) is 1. The quantitative estimate of drug-likeness (QED) is 0.795. The fraction of sp³-hybridized carbons (Fsp3) is 0.500. The Hall–Kier alpha value is -1.02. The van der Waals surface area contributed by atoms with Gasteiger partial charge in [-0.2, -0.15) is 0 Å². The number of aryl methyl sites for hydroxylation is 2. The molecule has 0 aliphatic heterocycles. The fourth-order valence-corrected chi connectivity index (χ4v) is 1.97. The van der Waals surface area contributed by atoms with E-state index in [0.717, 1.165) is 23.3 Å². The van der Waals surface area contributed by atoms with E-state index in [0.29, 0.717) is 5.02 Å². The highest BCUT2D eigenvalue weighted by Crippen LogP contribution is 2.27. The second kappa shape index (κ2) is 6.06. The van der Waals surface area contributed by atoms with E-state index in [-0.39, 0.29) is 18.3 Å². The maximum atomic E-state index is 11.7. The molecule has 1 aromatic carbocycles. The maximum Gasteiger partial charge on any atom is 0.172 e. The fourth-order valence-electron chi connectivity index (χ4n) is 1.64. The van der Waals surface area contributed by atoms with E-state index < -0.39 is 0 Å². The van der Waals surface area contributed by atoms with Crippen LogP contribution in [-0.2, 0) is 4.79 Å². The van der Waals surface area contributed by atoms with Crippen molar-refractivity contribution in [3.05, 3.63) is 28.3 Å². The van der Waals surface area contributed by atoms with Crippen molar-refractivity contribution in [2.75, 3.05) is 6.61 Å². The van der Waals surface area contributed by atoms with E-state index in [1.54, 1.807) is 0 Å². The molecule has 17 heavy (non-hydrogen) atoms. The van der Waals surface area contributed by atoms with Gasteiger partial charge in [-0.25, -0.2) is 0 Å². The van der Waals surface area contributed by atoms with Crippen LogP contribution >= 0.6 is 11.6 Å². The van der Waals surface area contributed by atoms with Crippen LogP contribution in [0.2, 0.25) is 5.02 Å². The summed E-state index contributed by atoms with van der Waals surface area (Å²) in [5, 5.41) is 0.695. The topological polar surface area (TPSA) is 26.3 Å². The van der Waals surface area contributed by atoms with Gasteiger partial charge in [0.05, 0.1) is 0 Å². The van der Waals surface area contributed by atoms with Crippen molar-refractivity contribution in [1.29, 1.82) is 0 Å². The van der Waals surface area contributed by atoms with Crippen LogP contribution < -0.4 is 4.74 Å². The molecule has 0 aromatic heterocycles. The SMILES string of the molecule is CCC(C)C(=O)COc1c(C)cc(Cl)cc1C. The highest BCUT2D eigenvalue weighted by Gasteiger charge is 2.13. The maximum absolute atomic E-state index is 11.7. The van der Waals surface area contributed by atoms with Crippen LogP contribution in [0.4, 0.5) is 0 Å². The number of hydrogen-bond donors (Lipinski definition) is 0. The Morgan fingerprint density at radius 3 is 2.35 bits per heavy atom. The Bertz CT molecular complexity index is 390. The Kier molecular flexibility index (Phi) is 5.01. The molecule has 0 aliphatic carbocycles. The summed E-state index contributed by atoms with van der Waals surface area (Å²) in [6.07, 6.45) is 0.848. The van der Waals surface area contributed by atoms with Crippen LogP contribution in [-0.4, -0.2) is 12.4 Å². The molecule has 0 heterocycles. The summed E-state index contributed by atoms with van der Waals surface area (Å²) in [6, 6.07) is 3.69. The van der Waals surface area contributed by atoms with Crippen LogP contribution in [0.3, 0.4) is 0 Å². The Morgan fingerprint density at radius 2 is 1.88 bits per heavy atom. The van der Waals surface area contributed by atoms with Crippen LogP contribution in [0, 0.1) is 19.8 Å². The molecule has 0 bridgehead atoms. The van der Waals surface area contributed by atoms with Gasteiger partial charge in [-0.05, 0) is 43.5 Å². The zero-order chi connectivity index (χ0) is 13.0. The van der Waals surface area contributed by atoms with E-state index in [9.17, 15) is 4.79 Å². The number of rotatable bonds is 5. The molecular weight excluding hydrogens is 236 g/mol. The van der Waals surface area contributed by atoms with Crippen molar-refractivity contribution in [2.24, 2.45) is 5.92 Å². The molecule has 0 spiro atoms. The Balaban J connectivity index is 2.73. The van der Waals surface area contributed by atoms with Gasteiger partial charge in [0.15, 0.2) is 5.78 Å². The second-order valence-electron chi connectivity index (χ2n) is 4.43. The zero-order valence-corrected chi connectivity index (χ0v) is 11.6. The average molecular weight is 255 g/mol. The van der Waals surface area contributed by atoms with Gasteiger partial charge < -0.3 is 4.74 Å². The number of benzene rings is 1. The highest BCUT2D eigenvalue weighted by molar-refractivity contribution is 6.30. The molecule has 0 amide bonds. The summed E-state index contributed by atoms with van der Waals surface area (Å²) >= 11 is 5.94. The van der Waals surface area contributed by atoms with Gasteiger partial charge in [-0.1, -0.05) is 25.4 Å². The van der Waals surface area contributed by atoms with Gasteiger partial charge >= 0.3 is 0 Å². The first-order valence-corrected chi connectivity index (χ1v) is 6.25. The summed E-state index contributed by atoms with van der Waals surface area (Å²) in [4.78, 5) is 11.7. The van der Waals surface area contributed by atoms with Crippen LogP contribution in [0.5, 0.6) is 5.75 Å². The van der Waals surface area contributed by atoms with E-state index in [4.69, 9.17) is 16.3 Å². The first-order chi connectivity index (χ1) is 7.95. The smallest absolute Gasteiger partial charge is 0.172 e. The summed E-state index contributed by atoms with van der Waals surface area (Å²) in [7, 11) is 0. The summed E-state index contributed by atoms with van der Waals surface area (Å²) in [6.45, 7) is 7.93. The van der Waals surface area contributed by atoms with Gasteiger partial charge in [-0.3, -0.25) is 4.79 Å². The molecule has 0 N–H and O–H groups in total. The van der Waals surface area contributed by atoms with Gasteiger partial charge in [0.25, 0.3) is 0 Å². The molecule has 0 saturated carbocycles. The third kappa shape index (κ3) is 3.74. The summed E-state index contributed by atoms with van der Waals surface area (Å²) < 4.78 is 5.60. The molecule has 3 heteroatoms. The van der Waals surface area contributed by atoms with E-state index in [2.05, 4.69) is 0 Å². The zero-order valence-electron chi connectivity index (χ0n) is 10.8. The Morgan fingerprint density at radius 1 is 1.35 bits per heavy atom. The first kappa shape index (κ1) is 14.0. The minimum atomic E-state index is 0.0583. The molecule has 1 aromatic rings. The van der Waals surface area contributed by atoms with Crippen LogP contribution in [0.25, 0.3) is 0 Å². The minimum Gasteiger partial charge on any atom is -0.485 e. The number of carbonyl (C=O) groups excluding carboxylic acids is 1. The number of ketones is 1. The van der Waals surface area contributed by atoms with E-state index >= 15 is 0 Å². The number of carbonyl (C=O) groups is 1. The predicted octanol–water partition coefficient (Wildman–Crippen LogP) is 3.95. The summed E-state index contributed by atoms with van der Waals surface area (Å²) in [5.74, 6) is 0.968. The Labute approximate surface area is 108 Å². The van der Waals surface area contributed by atoms with Crippen molar-refractivity contribution in [3.63, 3.8) is 0 Å². The molecule has 1 atom stereocenters. The second-order valence-corrected chi connectivity index (χ2v) is 4.87. The lowest BCUT2D eigenvalue weighted by Gasteiger charge is -2.13. The molecule has 0 aliphatic rings. The van der Waals surface area contributed by atoms with Gasteiger partial charge in [-0.15, -0.1) is 0 Å². The molecular formula is C14H19ClO2. The highest BCUT2D eigenvalue weighted by atomic mass is 35.5. The molecule has 1 rings (SSSR count). The lowest BCUT2D eigenvalue weighted by Crippen LogP contribution is -2.19. The third-order valence-corrected chi connectivity index (χ3v) is 3.16. The summed E-state index contributed by atoms with van der Waals surface area (Å²) in [5.41, 5.74) is 1.93. The minimum absolute atomic E-state index is 0.0583. The van der Waals surface area contributed by atoms with Crippen molar-refractivity contribution in [1.82, 2.24) is 0 Å². The van der Waals surface area contributed by atoms with Gasteiger partial charge in [0, 0.05) is 10.9 Å².